The third kappa shape index (κ3) is 3.42. The Bertz CT molecular complexity index is 1070. The van der Waals surface area contributed by atoms with Crippen LogP contribution >= 0.6 is 15.9 Å². The highest BCUT2D eigenvalue weighted by atomic mass is 79.9. The Morgan fingerprint density at radius 1 is 1.12 bits per heavy atom. The summed E-state index contributed by atoms with van der Waals surface area (Å²) in [6, 6.07) is 8.76. The van der Waals surface area contributed by atoms with Gasteiger partial charge in [0.25, 0.3) is 0 Å². The maximum atomic E-state index is 12.6. The van der Waals surface area contributed by atoms with Crippen LogP contribution in [0.15, 0.2) is 50.2 Å². The van der Waals surface area contributed by atoms with Gasteiger partial charge in [-0.15, -0.1) is 0 Å². The quantitative estimate of drug-likeness (QED) is 0.648. The maximum absolute atomic E-state index is 12.6. The van der Waals surface area contributed by atoms with Crippen molar-refractivity contribution >= 4 is 53.9 Å². The van der Waals surface area contributed by atoms with Crippen LogP contribution in [-0.2, 0) is 14.8 Å². The van der Waals surface area contributed by atoms with Crippen LogP contribution in [0.3, 0.4) is 0 Å². The van der Waals surface area contributed by atoms with E-state index < -0.39 is 22.0 Å². The second-order valence-corrected chi connectivity index (χ2v) is 8.71. The van der Waals surface area contributed by atoms with E-state index in [-0.39, 0.29) is 10.8 Å². The molecule has 1 aromatic heterocycles. The average Bonchev–Trinajstić information content (AvgIpc) is 2.88. The Kier molecular flexibility index (Phi) is 4.61. The number of carbonyl (C=O) groups is 1. The highest BCUT2D eigenvalue weighted by Gasteiger charge is 2.28. The van der Waals surface area contributed by atoms with E-state index in [9.17, 15) is 18.3 Å². The summed E-state index contributed by atoms with van der Waals surface area (Å²) < 4.78 is 34.0. The Hall–Kier alpha value is -1.90. The fraction of sp³-hybridized carbons (Fsp3) is 0.235. The van der Waals surface area contributed by atoms with E-state index in [4.69, 9.17) is 4.42 Å². The van der Waals surface area contributed by atoms with Crippen molar-refractivity contribution in [3.63, 3.8) is 0 Å². The molecule has 0 amide bonds. The van der Waals surface area contributed by atoms with E-state index in [0.717, 1.165) is 9.86 Å². The molecule has 2 N–H and O–H groups in total. The SMILES string of the molecule is CC(C)C(NS(=O)(=O)c1ccc2oc3cc(Br)ccc3c2c1)C(=O)O. The number of benzene rings is 2. The Morgan fingerprint density at radius 2 is 1.84 bits per heavy atom. The lowest BCUT2D eigenvalue weighted by Gasteiger charge is -2.17. The zero-order valence-electron chi connectivity index (χ0n) is 13.5. The van der Waals surface area contributed by atoms with Gasteiger partial charge in [0.05, 0.1) is 4.90 Å². The number of aliphatic carboxylic acids is 1. The molecule has 8 heteroatoms. The van der Waals surface area contributed by atoms with Gasteiger partial charge >= 0.3 is 5.97 Å². The Morgan fingerprint density at radius 3 is 2.48 bits per heavy atom. The van der Waals surface area contributed by atoms with Crippen LogP contribution in [0.5, 0.6) is 0 Å². The van der Waals surface area contributed by atoms with Crippen molar-refractivity contribution in [2.75, 3.05) is 0 Å². The molecule has 3 aromatic rings. The summed E-state index contributed by atoms with van der Waals surface area (Å²) in [5, 5.41) is 10.7. The van der Waals surface area contributed by atoms with Gasteiger partial charge in [-0.3, -0.25) is 4.79 Å². The fourth-order valence-electron chi connectivity index (χ4n) is 2.60. The van der Waals surface area contributed by atoms with Crippen LogP contribution in [-0.4, -0.2) is 25.5 Å². The first-order valence-corrected chi connectivity index (χ1v) is 9.83. The van der Waals surface area contributed by atoms with Crippen LogP contribution in [0.2, 0.25) is 0 Å². The molecule has 1 unspecified atom stereocenters. The largest absolute Gasteiger partial charge is 0.480 e. The first-order valence-electron chi connectivity index (χ1n) is 7.56. The van der Waals surface area contributed by atoms with E-state index in [1.54, 1.807) is 26.0 Å². The van der Waals surface area contributed by atoms with Gasteiger partial charge in [0.15, 0.2) is 0 Å². The minimum atomic E-state index is -3.98. The molecule has 0 saturated heterocycles. The number of rotatable bonds is 5. The van der Waals surface area contributed by atoms with Gasteiger partial charge in [0, 0.05) is 15.2 Å². The number of nitrogens with one attached hydrogen (secondary N) is 1. The summed E-state index contributed by atoms with van der Waals surface area (Å²) in [6.45, 7) is 3.29. The first kappa shape index (κ1) is 17.9. The molecule has 0 aliphatic rings. The summed E-state index contributed by atoms with van der Waals surface area (Å²) >= 11 is 3.37. The second-order valence-electron chi connectivity index (χ2n) is 6.08. The zero-order chi connectivity index (χ0) is 18.4. The molecule has 0 bridgehead atoms. The highest BCUT2D eigenvalue weighted by molar-refractivity contribution is 9.10. The fourth-order valence-corrected chi connectivity index (χ4v) is 4.31. The molecule has 6 nitrogen and oxygen atoms in total. The van der Waals surface area contributed by atoms with Gasteiger partial charge in [0.2, 0.25) is 10.0 Å². The summed E-state index contributed by atoms with van der Waals surface area (Å²) in [5.41, 5.74) is 1.20. The Labute approximate surface area is 153 Å². The molecule has 0 aliphatic heterocycles. The third-order valence-electron chi connectivity index (χ3n) is 3.93. The van der Waals surface area contributed by atoms with Crippen molar-refractivity contribution in [1.82, 2.24) is 4.72 Å². The van der Waals surface area contributed by atoms with Gasteiger partial charge in [0.1, 0.15) is 17.2 Å². The van der Waals surface area contributed by atoms with Gasteiger partial charge in [-0.25, -0.2) is 8.42 Å². The molecule has 0 saturated carbocycles. The zero-order valence-corrected chi connectivity index (χ0v) is 15.9. The van der Waals surface area contributed by atoms with Crippen molar-refractivity contribution < 1.29 is 22.7 Å². The number of carboxylic acids is 1. The highest BCUT2D eigenvalue weighted by Crippen LogP contribution is 2.32. The average molecular weight is 426 g/mol. The van der Waals surface area contributed by atoms with Crippen molar-refractivity contribution in [3.05, 3.63) is 40.9 Å². The third-order valence-corrected chi connectivity index (χ3v) is 5.86. The number of fused-ring (bicyclic) bond motifs is 3. The predicted molar refractivity (Wildman–Crippen MR) is 98.0 cm³/mol. The molecule has 0 radical (unpaired) electrons. The van der Waals surface area contributed by atoms with Crippen molar-refractivity contribution in [1.29, 1.82) is 0 Å². The molecule has 0 aliphatic carbocycles. The van der Waals surface area contributed by atoms with Crippen LogP contribution in [0.1, 0.15) is 13.8 Å². The number of sulfonamides is 1. The number of carboxylic acid groups (broad SMARTS) is 1. The van der Waals surface area contributed by atoms with Crippen LogP contribution in [0.25, 0.3) is 21.9 Å². The molecular formula is C17H16BrNO5S. The van der Waals surface area contributed by atoms with E-state index in [1.165, 1.54) is 12.1 Å². The van der Waals surface area contributed by atoms with E-state index in [1.807, 2.05) is 12.1 Å². The summed E-state index contributed by atoms with van der Waals surface area (Å²) in [4.78, 5) is 11.3. The van der Waals surface area contributed by atoms with Gasteiger partial charge in [-0.2, -0.15) is 4.72 Å². The molecule has 0 spiro atoms. The van der Waals surface area contributed by atoms with E-state index in [0.29, 0.717) is 16.6 Å². The lowest BCUT2D eigenvalue weighted by atomic mass is 10.1. The lowest BCUT2D eigenvalue weighted by Crippen LogP contribution is -2.44. The number of furan rings is 1. The number of halogens is 1. The van der Waals surface area contributed by atoms with E-state index >= 15 is 0 Å². The Balaban J connectivity index is 2.08. The lowest BCUT2D eigenvalue weighted by molar-refractivity contribution is -0.140. The molecule has 25 heavy (non-hydrogen) atoms. The standard InChI is InChI=1S/C17H16BrNO5S/c1-9(2)16(17(20)21)19-25(22,23)11-4-6-14-13(8-11)12-5-3-10(18)7-15(12)24-14/h3-9,16,19H,1-2H3,(H,20,21). The van der Waals surface area contributed by atoms with Crippen molar-refractivity contribution in [3.8, 4) is 0 Å². The molecular weight excluding hydrogens is 410 g/mol. The monoisotopic (exact) mass is 425 g/mol. The summed E-state index contributed by atoms with van der Waals surface area (Å²) in [6.07, 6.45) is 0. The molecule has 0 fully saturated rings. The van der Waals surface area contributed by atoms with Crippen molar-refractivity contribution in [2.24, 2.45) is 5.92 Å². The number of hydrogen-bond acceptors (Lipinski definition) is 4. The summed E-state index contributed by atoms with van der Waals surface area (Å²) in [5.74, 6) is -1.60. The normalized spacial score (nSPS) is 13.6. The van der Waals surface area contributed by atoms with E-state index in [2.05, 4.69) is 20.7 Å². The second kappa shape index (κ2) is 6.44. The van der Waals surface area contributed by atoms with Gasteiger partial charge in [-0.05, 0) is 42.3 Å². The molecule has 132 valence electrons. The van der Waals surface area contributed by atoms with Crippen LogP contribution < -0.4 is 4.72 Å². The minimum Gasteiger partial charge on any atom is -0.480 e. The molecule has 1 heterocycles. The van der Waals surface area contributed by atoms with Crippen molar-refractivity contribution in [2.45, 2.75) is 24.8 Å². The predicted octanol–water partition coefficient (Wildman–Crippen LogP) is 3.74. The van der Waals surface area contributed by atoms with Gasteiger partial charge in [-0.1, -0.05) is 29.8 Å². The first-order chi connectivity index (χ1) is 11.7. The summed E-state index contributed by atoms with van der Waals surface area (Å²) in [7, 11) is -3.98. The van der Waals surface area contributed by atoms with Crippen LogP contribution in [0.4, 0.5) is 0 Å². The minimum absolute atomic E-state index is 0.00230. The molecule has 2 aromatic carbocycles. The van der Waals surface area contributed by atoms with Gasteiger partial charge < -0.3 is 9.52 Å². The maximum Gasteiger partial charge on any atom is 0.322 e. The molecule has 1 atom stereocenters. The molecule has 3 rings (SSSR count). The smallest absolute Gasteiger partial charge is 0.322 e. The topological polar surface area (TPSA) is 96.6 Å². The number of hydrogen-bond donors (Lipinski definition) is 2. The van der Waals surface area contributed by atoms with Crippen LogP contribution in [0, 0.1) is 5.92 Å².